The van der Waals surface area contributed by atoms with E-state index in [9.17, 15) is 4.21 Å². The van der Waals surface area contributed by atoms with Gasteiger partial charge in [0, 0.05) is 48.7 Å². The van der Waals surface area contributed by atoms with E-state index in [-0.39, 0.29) is 0 Å². The molecule has 6 rings (SSSR count). The summed E-state index contributed by atoms with van der Waals surface area (Å²) in [4.78, 5) is 0. The molecule has 0 bridgehead atoms. The predicted molar refractivity (Wildman–Crippen MR) is 129 cm³/mol. The second kappa shape index (κ2) is 23.0. The number of hydrogen-bond donors (Lipinski definition) is 2. The number of hydrogen-bond acceptors (Lipinski definition) is 6. The molecule has 174 valence electrons. The summed E-state index contributed by atoms with van der Waals surface area (Å²) in [5, 5.41) is 6.33. The van der Waals surface area contributed by atoms with E-state index in [1.54, 1.807) is 0 Å². The molecule has 0 atom stereocenters. The molecule has 6 heterocycles. The molecule has 0 amide bonds. The fourth-order valence-electron chi connectivity index (χ4n) is 2.59. The lowest BCUT2D eigenvalue weighted by atomic mass is 10.3. The maximum absolute atomic E-state index is 10.4. The quantitative estimate of drug-likeness (QED) is 0.588. The third-order valence-electron chi connectivity index (χ3n) is 4.89. The lowest BCUT2D eigenvalue weighted by molar-refractivity contribution is 0.0367. The minimum atomic E-state index is -0.423. The first-order valence-corrected chi connectivity index (χ1v) is 14.5. The van der Waals surface area contributed by atoms with Gasteiger partial charge in [0.2, 0.25) is 0 Å². The van der Waals surface area contributed by atoms with E-state index in [0.717, 1.165) is 37.9 Å². The molecule has 0 unspecified atom stereocenters. The standard InChI is InChI=1S/C4H9N.C4H8OS.C4H8O.C4H8S.C3H7N.C3H6O/c1-2-4-5-3-1;5-6-3-1-2-4-6;2*1-2-4-5-3-1;2*1-2-4-3-1/h5H,1-4H2;1-4H2;2*1-4H2;4H,1-3H2;1-3H2. The summed E-state index contributed by atoms with van der Waals surface area (Å²) < 4.78 is 20.0. The Morgan fingerprint density at radius 1 is 0.552 bits per heavy atom. The van der Waals surface area contributed by atoms with Crippen LogP contribution in [0.15, 0.2) is 0 Å². The van der Waals surface area contributed by atoms with E-state index in [1.165, 1.54) is 102 Å². The average Bonchev–Trinajstić information content (AvgIpc) is 3.45. The van der Waals surface area contributed by atoms with E-state index in [4.69, 9.17) is 9.47 Å². The monoisotopic (exact) mass is 450 g/mol. The minimum Gasteiger partial charge on any atom is -0.381 e. The highest BCUT2D eigenvalue weighted by atomic mass is 32.2. The molecule has 0 aromatic heterocycles. The van der Waals surface area contributed by atoms with Crippen molar-refractivity contribution in [1.29, 1.82) is 0 Å². The number of thioether (sulfide) groups is 1. The summed E-state index contributed by atoms with van der Waals surface area (Å²) in [6.45, 7) is 9.00. The van der Waals surface area contributed by atoms with Crippen molar-refractivity contribution >= 4 is 22.6 Å². The van der Waals surface area contributed by atoms with Gasteiger partial charge in [-0.25, -0.2) is 0 Å². The Morgan fingerprint density at radius 3 is 1.14 bits per heavy atom. The molecular formula is C22H46N2O3S2. The second-order valence-electron chi connectivity index (χ2n) is 7.72. The number of nitrogens with one attached hydrogen (secondary N) is 2. The van der Waals surface area contributed by atoms with Gasteiger partial charge in [0.05, 0.1) is 0 Å². The molecule has 6 aliphatic heterocycles. The fourth-order valence-corrected chi connectivity index (χ4v) is 4.87. The zero-order valence-electron chi connectivity index (χ0n) is 18.6. The van der Waals surface area contributed by atoms with Crippen molar-refractivity contribution in [1.82, 2.24) is 10.6 Å². The van der Waals surface area contributed by atoms with Crippen LogP contribution < -0.4 is 10.6 Å². The molecule has 0 aromatic carbocycles. The zero-order chi connectivity index (χ0) is 20.7. The van der Waals surface area contributed by atoms with Crippen LogP contribution in [0.4, 0.5) is 0 Å². The van der Waals surface area contributed by atoms with E-state index in [0.29, 0.717) is 0 Å². The molecule has 6 fully saturated rings. The average molecular weight is 451 g/mol. The maximum atomic E-state index is 10.4. The molecule has 0 aromatic rings. The SMILES string of the molecule is C1CCNC1.C1CCOC1.C1CCSC1.C1CNC1.C1COC1.O=S1CCCC1. The fraction of sp³-hybridized carbons (Fsp3) is 1.00. The van der Waals surface area contributed by atoms with Gasteiger partial charge >= 0.3 is 0 Å². The highest BCUT2D eigenvalue weighted by Gasteiger charge is 2.05. The van der Waals surface area contributed by atoms with Crippen LogP contribution in [-0.2, 0) is 20.3 Å². The van der Waals surface area contributed by atoms with Crippen molar-refractivity contribution < 1.29 is 13.7 Å². The van der Waals surface area contributed by atoms with E-state index in [2.05, 4.69) is 22.4 Å². The van der Waals surface area contributed by atoms with Gasteiger partial charge in [0.15, 0.2) is 0 Å². The first-order valence-electron chi connectivity index (χ1n) is 11.9. The molecule has 29 heavy (non-hydrogen) atoms. The molecule has 7 heteroatoms. The third kappa shape index (κ3) is 21.4. The van der Waals surface area contributed by atoms with Crippen LogP contribution in [0.3, 0.4) is 0 Å². The molecule has 0 spiro atoms. The predicted octanol–water partition coefficient (Wildman–Crippen LogP) is 3.60. The minimum absolute atomic E-state index is 0.423. The summed E-state index contributed by atoms with van der Waals surface area (Å²) in [6.07, 6.45) is 13.3. The van der Waals surface area contributed by atoms with Crippen LogP contribution in [0.1, 0.15) is 64.2 Å². The molecule has 0 saturated carbocycles. The van der Waals surface area contributed by atoms with Gasteiger partial charge < -0.3 is 20.1 Å². The molecular weight excluding hydrogens is 404 g/mol. The Morgan fingerprint density at radius 2 is 1.00 bits per heavy atom. The smallest absolute Gasteiger partial charge is 0.0488 e. The summed E-state index contributed by atoms with van der Waals surface area (Å²) in [5.41, 5.74) is 0. The van der Waals surface area contributed by atoms with Crippen molar-refractivity contribution in [3.8, 4) is 0 Å². The van der Waals surface area contributed by atoms with E-state index in [1.807, 2.05) is 0 Å². The van der Waals surface area contributed by atoms with Crippen LogP contribution in [0.25, 0.3) is 0 Å². The molecule has 0 aliphatic carbocycles. The van der Waals surface area contributed by atoms with Gasteiger partial charge in [-0.15, -0.1) is 0 Å². The molecule has 6 aliphatic rings. The lowest BCUT2D eigenvalue weighted by Gasteiger charge is -2.09. The van der Waals surface area contributed by atoms with Gasteiger partial charge in [-0.1, -0.05) is 0 Å². The van der Waals surface area contributed by atoms with E-state index < -0.39 is 10.8 Å². The Kier molecular flexibility index (Phi) is 21.7. The Bertz CT molecular complexity index is 272. The largest absolute Gasteiger partial charge is 0.381 e. The number of rotatable bonds is 0. The summed E-state index contributed by atoms with van der Waals surface area (Å²) in [5.74, 6) is 4.75. The second-order valence-corrected chi connectivity index (χ2v) is 10.6. The molecule has 2 N–H and O–H groups in total. The first kappa shape index (κ1) is 27.4. The van der Waals surface area contributed by atoms with Crippen LogP contribution in [0.2, 0.25) is 0 Å². The van der Waals surface area contributed by atoms with Crippen LogP contribution >= 0.6 is 11.8 Å². The van der Waals surface area contributed by atoms with Crippen molar-refractivity contribution in [3.05, 3.63) is 0 Å². The van der Waals surface area contributed by atoms with Crippen molar-refractivity contribution in [2.24, 2.45) is 0 Å². The first-order chi connectivity index (χ1) is 14.4. The highest BCUT2D eigenvalue weighted by molar-refractivity contribution is 7.99. The summed E-state index contributed by atoms with van der Waals surface area (Å²) in [6, 6.07) is 0. The Balaban J connectivity index is 0.000000175. The Labute approximate surface area is 186 Å². The normalized spacial score (nSPS) is 24.3. The number of ether oxygens (including phenoxy) is 2. The summed E-state index contributed by atoms with van der Waals surface area (Å²) >= 11 is 2.07. The highest BCUT2D eigenvalue weighted by Crippen LogP contribution is 2.14. The van der Waals surface area contributed by atoms with Crippen LogP contribution in [-0.4, -0.2) is 79.8 Å². The van der Waals surface area contributed by atoms with Crippen molar-refractivity contribution in [2.45, 2.75) is 64.2 Å². The topological polar surface area (TPSA) is 59.6 Å². The third-order valence-corrected chi connectivity index (χ3v) is 7.53. The molecule has 6 saturated heterocycles. The van der Waals surface area contributed by atoms with Crippen LogP contribution in [0, 0.1) is 0 Å². The zero-order valence-corrected chi connectivity index (χ0v) is 20.2. The summed E-state index contributed by atoms with van der Waals surface area (Å²) in [7, 11) is -0.423. The van der Waals surface area contributed by atoms with Gasteiger partial charge in [-0.3, -0.25) is 4.21 Å². The van der Waals surface area contributed by atoms with Gasteiger partial charge in [-0.05, 0) is 102 Å². The van der Waals surface area contributed by atoms with Crippen molar-refractivity contribution in [3.63, 3.8) is 0 Å². The molecule has 5 nitrogen and oxygen atoms in total. The Hall–Kier alpha value is 0.340. The van der Waals surface area contributed by atoms with E-state index >= 15 is 0 Å². The van der Waals surface area contributed by atoms with Gasteiger partial charge in [0.1, 0.15) is 0 Å². The van der Waals surface area contributed by atoms with Crippen LogP contribution in [0.5, 0.6) is 0 Å². The lowest BCUT2D eigenvalue weighted by Crippen LogP contribution is -2.29. The van der Waals surface area contributed by atoms with Gasteiger partial charge in [0.25, 0.3) is 0 Å². The maximum Gasteiger partial charge on any atom is 0.0488 e. The van der Waals surface area contributed by atoms with Crippen molar-refractivity contribution in [2.75, 3.05) is 75.6 Å². The van der Waals surface area contributed by atoms with Gasteiger partial charge in [-0.2, -0.15) is 11.8 Å². The molecule has 0 radical (unpaired) electrons.